The van der Waals surface area contributed by atoms with E-state index in [4.69, 9.17) is 4.74 Å². The van der Waals surface area contributed by atoms with E-state index in [0.717, 1.165) is 17.9 Å². The normalized spacial score (nSPS) is 11.0. The molecular formula is C23H26N2O2. The van der Waals surface area contributed by atoms with E-state index in [0.29, 0.717) is 18.7 Å². The van der Waals surface area contributed by atoms with Gasteiger partial charge in [0.2, 0.25) is 0 Å². The molecule has 0 fully saturated rings. The quantitative estimate of drug-likeness (QED) is 0.636. The average Bonchev–Trinajstić information content (AvgIpc) is 2.70. The molecule has 0 spiro atoms. The van der Waals surface area contributed by atoms with E-state index in [9.17, 15) is 4.79 Å². The lowest BCUT2D eigenvalue weighted by molar-refractivity contribution is 0.0732. The van der Waals surface area contributed by atoms with E-state index in [1.807, 2.05) is 55.4 Å². The summed E-state index contributed by atoms with van der Waals surface area (Å²) in [5.41, 5.74) is 1.84. The summed E-state index contributed by atoms with van der Waals surface area (Å²) in [5, 5.41) is 2.39. The second-order valence-electron chi connectivity index (χ2n) is 6.90. The molecule has 0 radical (unpaired) electrons. The summed E-state index contributed by atoms with van der Waals surface area (Å²) < 4.78 is 5.20. The Morgan fingerprint density at radius 3 is 2.30 bits per heavy atom. The molecule has 3 aromatic carbocycles. The van der Waals surface area contributed by atoms with Crippen molar-refractivity contribution in [1.82, 2.24) is 9.80 Å². The molecule has 140 valence electrons. The van der Waals surface area contributed by atoms with Crippen LogP contribution in [0.15, 0.2) is 66.7 Å². The van der Waals surface area contributed by atoms with E-state index < -0.39 is 0 Å². The molecule has 0 unspecified atom stereocenters. The zero-order valence-corrected chi connectivity index (χ0v) is 16.2. The van der Waals surface area contributed by atoms with Crippen molar-refractivity contribution in [2.45, 2.75) is 6.54 Å². The Hall–Kier alpha value is -2.85. The average molecular weight is 362 g/mol. The van der Waals surface area contributed by atoms with Crippen LogP contribution in [-0.2, 0) is 6.54 Å². The predicted octanol–water partition coefficient (Wildman–Crippen LogP) is 4.05. The van der Waals surface area contributed by atoms with Gasteiger partial charge >= 0.3 is 0 Å². The third-order valence-corrected chi connectivity index (χ3v) is 4.68. The summed E-state index contributed by atoms with van der Waals surface area (Å²) in [5.74, 6) is 0.785. The van der Waals surface area contributed by atoms with Crippen LogP contribution in [-0.4, -0.2) is 50.0 Å². The third kappa shape index (κ3) is 4.66. The second-order valence-corrected chi connectivity index (χ2v) is 6.90. The Morgan fingerprint density at radius 2 is 1.59 bits per heavy atom. The van der Waals surface area contributed by atoms with Gasteiger partial charge in [-0.1, -0.05) is 42.5 Å². The predicted molar refractivity (Wildman–Crippen MR) is 110 cm³/mol. The number of hydrogen-bond acceptors (Lipinski definition) is 3. The van der Waals surface area contributed by atoms with Gasteiger partial charge in [0.1, 0.15) is 5.75 Å². The lowest BCUT2D eigenvalue weighted by Gasteiger charge is -2.25. The first kappa shape index (κ1) is 18.9. The summed E-state index contributed by atoms with van der Waals surface area (Å²) in [7, 11) is 5.67. The number of hydrogen-bond donors (Lipinski definition) is 0. The van der Waals surface area contributed by atoms with Crippen LogP contribution in [0, 0.1) is 0 Å². The lowest BCUT2D eigenvalue weighted by atomic mass is 10.0. The summed E-state index contributed by atoms with van der Waals surface area (Å²) >= 11 is 0. The molecule has 3 aromatic rings. The van der Waals surface area contributed by atoms with Gasteiger partial charge in [0.15, 0.2) is 0 Å². The maximum Gasteiger partial charge on any atom is 0.254 e. The van der Waals surface area contributed by atoms with Gasteiger partial charge < -0.3 is 14.5 Å². The smallest absolute Gasteiger partial charge is 0.254 e. The van der Waals surface area contributed by atoms with Crippen molar-refractivity contribution >= 4 is 16.7 Å². The Kier molecular flexibility index (Phi) is 6.09. The van der Waals surface area contributed by atoms with Gasteiger partial charge in [-0.15, -0.1) is 0 Å². The molecule has 27 heavy (non-hydrogen) atoms. The monoisotopic (exact) mass is 362 g/mol. The second kappa shape index (κ2) is 8.69. The zero-order chi connectivity index (χ0) is 19.2. The number of benzene rings is 3. The van der Waals surface area contributed by atoms with Gasteiger partial charge in [-0.25, -0.2) is 0 Å². The van der Waals surface area contributed by atoms with Crippen LogP contribution in [0.1, 0.15) is 15.9 Å². The molecule has 0 N–H and O–H groups in total. The molecule has 0 aliphatic carbocycles. The summed E-state index contributed by atoms with van der Waals surface area (Å²) in [4.78, 5) is 17.2. The minimum atomic E-state index is 0.0347. The van der Waals surface area contributed by atoms with Crippen molar-refractivity contribution in [2.75, 3.05) is 34.3 Å². The molecular weight excluding hydrogens is 336 g/mol. The van der Waals surface area contributed by atoms with Crippen LogP contribution in [0.3, 0.4) is 0 Å². The van der Waals surface area contributed by atoms with Gasteiger partial charge in [0.25, 0.3) is 5.91 Å². The highest BCUT2D eigenvalue weighted by atomic mass is 16.5. The number of fused-ring (bicyclic) bond motifs is 1. The highest BCUT2D eigenvalue weighted by Crippen LogP contribution is 2.21. The molecule has 0 atom stereocenters. The summed E-state index contributed by atoms with van der Waals surface area (Å²) in [6, 6.07) is 21.9. The maximum atomic E-state index is 13.2. The van der Waals surface area contributed by atoms with Gasteiger partial charge in [0.05, 0.1) is 7.11 Å². The topological polar surface area (TPSA) is 32.8 Å². The number of rotatable bonds is 7. The molecule has 4 nitrogen and oxygen atoms in total. The Bertz CT molecular complexity index is 898. The molecule has 3 rings (SSSR count). The largest absolute Gasteiger partial charge is 0.497 e. The van der Waals surface area contributed by atoms with Crippen molar-refractivity contribution in [1.29, 1.82) is 0 Å². The first-order valence-corrected chi connectivity index (χ1v) is 9.13. The van der Waals surface area contributed by atoms with Crippen LogP contribution in [0.2, 0.25) is 0 Å². The van der Waals surface area contributed by atoms with Crippen LogP contribution < -0.4 is 4.74 Å². The van der Waals surface area contributed by atoms with Crippen LogP contribution in [0.25, 0.3) is 10.8 Å². The van der Waals surface area contributed by atoms with Gasteiger partial charge in [-0.3, -0.25) is 4.79 Å². The number of ether oxygens (including phenoxy) is 1. The number of carbonyl (C=O) groups excluding carboxylic acids is 1. The number of carbonyl (C=O) groups is 1. The molecule has 0 saturated heterocycles. The van der Waals surface area contributed by atoms with E-state index in [2.05, 4.69) is 35.2 Å². The summed E-state index contributed by atoms with van der Waals surface area (Å²) in [6.45, 7) is 2.06. The molecule has 1 amide bonds. The number of amides is 1. The van der Waals surface area contributed by atoms with E-state index in [1.165, 1.54) is 10.8 Å². The van der Waals surface area contributed by atoms with Crippen molar-refractivity contribution in [3.05, 3.63) is 77.9 Å². The van der Waals surface area contributed by atoms with Crippen LogP contribution in [0.5, 0.6) is 5.75 Å². The molecule has 0 aliphatic heterocycles. The lowest BCUT2D eigenvalue weighted by Crippen LogP contribution is -2.36. The zero-order valence-electron chi connectivity index (χ0n) is 16.2. The van der Waals surface area contributed by atoms with Crippen LogP contribution in [0.4, 0.5) is 0 Å². The van der Waals surface area contributed by atoms with E-state index >= 15 is 0 Å². The van der Waals surface area contributed by atoms with Gasteiger partial charge in [0, 0.05) is 25.2 Å². The number of methoxy groups -OCH3 is 1. The van der Waals surface area contributed by atoms with Gasteiger partial charge in [-0.05, 0) is 54.7 Å². The highest BCUT2D eigenvalue weighted by Gasteiger charge is 2.17. The fourth-order valence-corrected chi connectivity index (χ4v) is 3.13. The van der Waals surface area contributed by atoms with E-state index in [1.54, 1.807) is 7.11 Å². The fraction of sp³-hybridized carbons (Fsp3) is 0.261. The van der Waals surface area contributed by atoms with Crippen LogP contribution >= 0.6 is 0 Å². The number of likely N-dealkylation sites (N-methyl/N-ethyl adjacent to an activating group) is 1. The standard InChI is InChI=1S/C23H26N2O2/c1-24(2)15-16-25(23(26)19-11-13-21(27-3)14-12-19)17-20-9-6-8-18-7-4-5-10-22(18)20/h4-14H,15-17H2,1-3H3. The van der Waals surface area contributed by atoms with Crippen molar-refractivity contribution in [3.8, 4) is 5.75 Å². The highest BCUT2D eigenvalue weighted by molar-refractivity contribution is 5.95. The van der Waals surface area contributed by atoms with E-state index in [-0.39, 0.29) is 5.91 Å². The Morgan fingerprint density at radius 1 is 0.889 bits per heavy atom. The first-order chi connectivity index (χ1) is 13.1. The Labute approximate surface area is 161 Å². The first-order valence-electron chi connectivity index (χ1n) is 9.13. The molecule has 0 bridgehead atoms. The molecule has 0 aromatic heterocycles. The number of nitrogens with zero attached hydrogens (tertiary/aromatic N) is 2. The fourth-order valence-electron chi connectivity index (χ4n) is 3.13. The molecule has 4 heteroatoms. The minimum Gasteiger partial charge on any atom is -0.497 e. The third-order valence-electron chi connectivity index (χ3n) is 4.68. The molecule has 0 aliphatic rings. The Balaban J connectivity index is 1.88. The van der Waals surface area contributed by atoms with Crippen molar-refractivity contribution < 1.29 is 9.53 Å². The maximum absolute atomic E-state index is 13.2. The van der Waals surface area contributed by atoms with Crippen molar-refractivity contribution in [3.63, 3.8) is 0 Å². The molecule has 0 heterocycles. The minimum absolute atomic E-state index is 0.0347. The molecule has 0 saturated carbocycles. The van der Waals surface area contributed by atoms with Crippen molar-refractivity contribution in [2.24, 2.45) is 0 Å². The summed E-state index contributed by atoms with van der Waals surface area (Å²) in [6.07, 6.45) is 0. The van der Waals surface area contributed by atoms with Gasteiger partial charge in [-0.2, -0.15) is 0 Å². The SMILES string of the molecule is COc1ccc(C(=O)N(CCN(C)C)Cc2cccc3ccccc23)cc1.